The minimum atomic E-state index is -0.148. The van der Waals surface area contributed by atoms with E-state index in [1.165, 1.54) is 6.07 Å². The molecule has 0 atom stereocenters. The third-order valence-corrected chi connectivity index (χ3v) is 4.75. The first-order valence-corrected chi connectivity index (χ1v) is 8.52. The fourth-order valence-electron chi connectivity index (χ4n) is 2.96. The van der Waals surface area contributed by atoms with Crippen LogP contribution < -0.4 is 0 Å². The van der Waals surface area contributed by atoms with Gasteiger partial charge in [-0.05, 0) is 30.2 Å². The molecule has 1 amide bonds. The van der Waals surface area contributed by atoms with Crippen LogP contribution in [-0.4, -0.2) is 48.4 Å². The number of carbonyl (C=O) groups is 1. The number of hydrogen-bond donors (Lipinski definition) is 0. The maximum Gasteiger partial charge on any atom is 0.255 e. The van der Waals surface area contributed by atoms with Gasteiger partial charge in [-0.3, -0.25) is 9.69 Å². The molecule has 0 N–H and O–H groups in total. The molecule has 1 aliphatic rings. The molecule has 1 aliphatic heterocycles. The van der Waals surface area contributed by atoms with Gasteiger partial charge in [-0.25, -0.2) is 4.39 Å². The maximum absolute atomic E-state index is 13.7. The van der Waals surface area contributed by atoms with Crippen molar-refractivity contribution >= 4 is 17.5 Å². The van der Waals surface area contributed by atoms with Crippen molar-refractivity contribution < 1.29 is 9.18 Å². The van der Waals surface area contributed by atoms with E-state index in [4.69, 9.17) is 11.6 Å². The first-order chi connectivity index (χ1) is 11.6. The van der Waals surface area contributed by atoms with Crippen LogP contribution >= 0.6 is 11.6 Å². The van der Waals surface area contributed by atoms with Crippen molar-refractivity contribution in [2.75, 3.05) is 32.7 Å². The van der Waals surface area contributed by atoms with Crippen LogP contribution in [0.15, 0.2) is 48.5 Å². The van der Waals surface area contributed by atoms with E-state index >= 15 is 0 Å². The van der Waals surface area contributed by atoms with Crippen molar-refractivity contribution in [1.82, 2.24) is 9.80 Å². The molecule has 3 rings (SSSR count). The van der Waals surface area contributed by atoms with Gasteiger partial charge in [0, 0.05) is 32.7 Å². The molecule has 2 aromatic carbocycles. The van der Waals surface area contributed by atoms with Crippen molar-refractivity contribution in [3.63, 3.8) is 0 Å². The Morgan fingerprint density at radius 2 is 1.67 bits per heavy atom. The van der Waals surface area contributed by atoms with Gasteiger partial charge in [0.2, 0.25) is 0 Å². The van der Waals surface area contributed by atoms with Gasteiger partial charge in [-0.2, -0.15) is 0 Å². The van der Waals surface area contributed by atoms with Gasteiger partial charge >= 0.3 is 0 Å². The number of carbonyl (C=O) groups excluding carboxylic acids is 1. The Kier molecular flexibility index (Phi) is 5.48. The largest absolute Gasteiger partial charge is 0.336 e. The molecule has 0 spiro atoms. The normalized spacial score (nSPS) is 15.5. The molecule has 0 radical (unpaired) electrons. The van der Waals surface area contributed by atoms with E-state index in [-0.39, 0.29) is 11.7 Å². The Morgan fingerprint density at radius 1 is 1.00 bits per heavy atom. The van der Waals surface area contributed by atoms with Crippen molar-refractivity contribution in [3.8, 4) is 0 Å². The van der Waals surface area contributed by atoms with Gasteiger partial charge in [0.25, 0.3) is 5.91 Å². The molecule has 0 saturated carbocycles. The second-order valence-corrected chi connectivity index (χ2v) is 6.36. The zero-order chi connectivity index (χ0) is 16.9. The molecule has 0 unspecified atom stereocenters. The molecule has 0 aliphatic carbocycles. The Balaban J connectivity index is 1.52. The van der Waals surface area contributed by atoms with Gasteiger partial charge in [-0.15, -0.1) is 0 Å². The van der Waals surface area contributed by atoms with Gasteiger partial charge in [-0.1, -0.05) is 41.9 Å². The number of halogens is 2. The third kappa shape index (κ3) is 3.94. The van der Waals surface area contributed by atoms with Crippen molar-refractivity contribution in [3.05, 3.63) is 70.5 Å². The van der Waals surface area contributed by atoms with Crippen LogP contribution in [-0.2, 0) is 6.42 Å². The summed E-state index contributed by atoms with van der Waals surface area (Å²) < 4.78 is 13.7. The minimum absolute atomic E-state index is 0.0191. The molecule has 3 nitrogen and oxygen atoms in total. The number of piperazine rings is 1. The summed E-state index contributed by atoms with van der Waals surface area (Å²) in [6.45, 7) is 3.73. The van der Waals surface area contributed by atoms with Gasteiger partial charge in [0.15, 0.2) is 0 Å². The molecule has 24 heavy (non-hydrogen) atoms. The van der Waals surface area contributed by atoms with E-state index in [0.29, 0.717) is 30.1 Å². The Morgan fingerprint density at radius 3 is 2.38 bits per heavy atom. The number of benzene rings is 2. The average Bonchev–Trinajstić information content (AvgIpc) is 2.61. The highest BCUT2D eigenvalue weighted by atomic mass is 35.5. The fourth-order valence-corrected chi connectivity index (χ4v) is 3.18. The minimum Gasteiger partial charge on any atom is -0.336 e. The third-order valence-electron chi connectivity index (χ3n) is 4.42. The highest BCUT2D eigenvalue weighted by Gasteiger charge is 2.23. The standard InChI is InChI=1S/C19H20ClFN2O/c20-17-7-3-2-6-16(17)19(24)23-13-11-22(12-14-23)10-9-15-5-1-4-8-18(15)21/h1-8H,9-14H2. The van der Waals surface area contributed by atoms with Crippen LogP contribution in [0.25, 0.3) is 0 Å². The van der Waals surface area contributed by atoms with E-state index in [1.807, 2.05) is 29.2 Å². The topological polar surface area (TPSA) is 23.6 Å². The molecule has 1 saturated heterocycles. The molecule has 2 aromatic rings. The van der Waals surface area contributed by atoms with E-state index in [1.54, 1.807) is 18.2 Å². The first-order valence-electron chi connectivity index (χ1n) is 8.15. The average molecular weight is 347 g/mol. The Bertz CT molecular complexity index is 714. The van der Waals surface area contributed by atoms with Crippen molar-refractivity contribution in [2.24, 2.45) is 0 Å². The number of rotatable bonds is 4. The molecule has 1 heterocycles. The van der Waals surface area contributed by atoms with Crippen LogP contribution in [0.4, 0.5) is 4.39 Å². The fraction of sp³-hybridized carbons (Fsp3) is 0.316. The zero-order valence-electron chi connectivity index (χ0n) is 13.4. The summed E-state index contributed by atoms with van der Waals surface area (Å²) in [6, 6.07) is 14.0. The zero-order valence-corrected chi connectivity index (χ0v) is 14.2. The lowest BCUT2D eigenvalue weighted by Gasteiger charge is -2.35. The predicted octanol–water partition coefficient (Wildman–Crippen LogP) is 3.48. The van der Waals surface area contributed by atoms with E-state index in [9.17, 15) is 9.18 Å². The maximum atomic E-state index is 13.7. The summed E-state index contributed by atoms with van der Waals surface area (Å²) in [7, 11) is 0. The van der Waals surface area contributed by atoms with Gasteiger partial charge in [0.05, 0.1) is 10.6 Å². The smallest absolute Gasteiger partial charge is 0.255 e. The lowest BCUT2D eigenvalue weighted by Crippen LogP contribution is -2.49. The van der Waals surface area contributed by atoms with Crippen LogP contribution in [0, 0.1) is 5.82 Å². The predicted molar refractivity (Wildman–Crippen MR) is 93.9 cm³/mol. The summed E-state index contributed by atoms with van der Waals surface area (Å²) in [6.07, 6.45) is 0.686. The van der Waals surface area contributed by atoms with Crippen LogP contribution in [0.2, 0.25) is 5.02 Å². The summed E-state index contributed by atoms with van der Waals surface area (Å²) >= 11 is 6.11. The molecule has 5 heteroatoms. The van der Waals surface area contributed by atoms with Crippen molar-refractivity contribution in [1.29, 1.82) is 0 Å². The Hall–Kier alpha value is -1.91. The first kappa shape index (κ1) is 16.9. The summed E-state index contributed by atoms with van der Waals surface area (Å²) in [5.74, 6) is -0.167. The molecular formula is C19H20ClFN2O. The second-order valence-electron chi connectivity index (χ2n) is 5.96. The summed E-state index contributed by atoms with van der Waals surface area (Å²) in [4.78, 5) is 16.6. The van der Waals surface area contributed by atoms with Gasteiger partial charge < -0.3 is 4.90 Å². The lowest BCUT2D eigenvalue weighted by molar-refractivity contribution is 0.0638. The number of hydrogen-bond acceptors (Lipinski definition) is 2. The molecule has 126 valence electrons. The van der Waals surface area contributed by atoms with Gasteiger partial charge in [0.1, 0.15) is 5.82 Å². The van der Waals surface area contributed by atoms with Crippen LogP contribution in [0.3, 0.4) is 0 Å². The lowest BCUT2D eigenvalue weighted by atomic mass is 10.1. The van der Waals surface area contributed by atoms with Crippen LogP contribution in [0.5, 0.6) is 0 Å². The van der Waals surface area contributed by atoms with E-state index < -0.39 is 0 Å². The van der Waals surface area contributed by atoms with Crippen LogP contribution in [0.1, 0.15) is 15.9 Å². The molecule has 1 fully saturated rings. The highest BCUT2D eigenvalue weighted by Crippen LogP contribution is 2.18. The highest BCUT2D eigenvalue weighted by molar-refractivity contribution is 6.33. The van der Waals surface area contributed by atoms with E-state index in [2.05, 4.69) is 4.90 Å². The summed E-state index contributed by atoms with van der Waals surface area (Å²) in [5.41, 5.74) is 1.30. The number of amides is 1. The SMILES string of the molecule is O=C(c1ccccc1Cl)N1CCN(CCc2ccccc2F)CC1. The monoisotopic (exact) mass is 346 g/mol. The quantitative estimate of drug-likeness (QED) is 0.846. The summed E-state index contributed by atoms with van der Waals surface area (Å²) in [5, 5.41) is 0.490. The second kappa shape index (κ2) is 7.77. The van der Waals surface area contributed by atoms with Crippen molar-refractivity contribution in [2.45, 2.75) is 6.42 Å². The molecular weight excluding hydrogens is 327 g/mol. The van der Waals surface area contributed by atoms with E-state index in [0.717, 1.165) is 25.2 Å². The molecule has 0 bridgehead atoms. The number of nitrogens with zero attached hydrogens (tertiary/aromatic N) is 2. The Labute approximate surface area is 146 Å². The molecule has 0 aromatic heterocycles.